The number of rotatable bonds is 7. The third-order valence-corrected chi connectivity index (χ3v) is 5.43. The summed E-state index contributed by atoms with van der Waals surface area (Å²) in [6.07, 6.45) is 5.09. The highest BCUT2D eigenvalue weighted by molar-refractivity contribution is 8.00. The molecular formula is C17H25NO2S. The Morgan fingerprint density at radius 3 is 2.76 bits per heavy atom. The lowest BCUT2D eigenvalue weighted by atomic mass is 10.0. The molecular weight excluding hydrogens is 282 g/mol. The molecule has 3 nitrogen and oxygen atoms in total. The lowest BCUT2D eigenvalue weighted by Crippen LogP contribution is -2.31. The Hall–Kier alpha value is -1.00. The Bertz CT molecular complexity index is 458. The van der Waals surface area contributed by atoms with Crippen LogP contribution in [0.15, 0.2) is 24.3 Å². The van der Waals surface area contributed by atoms with E-state index >= 15 is 0 Å². The molecule has 1 N–H and O–H groups in total. The Kier molecular flexibility index (Phi) is 6.58. The van der Waals surface area contributed by atoms with Crippen molar-refractivity contribution in [2.75, 3.05) is 19.4 Å². The van der Waals surface area contributed by atoms with Crippen molar-refractivity contribution in [1.29, 1.82) is 0 Å². The molecule has 1 saturated carbocycles. The first-order valence-electron chi connectivity index (χ1n) is 7.67. The van der Waals surface area contributed by atoms with Crippen LogP contribution in [0.25, 0.3) is 0 Å². The van der Waals surface area contributed by atoms with Crippen LogP contribution in [0.3, 0.4) is 0 Å². The van der Waals surface area contributed by atoms with Crippen LogP contribution in [0, 0.1) is 6.92 Å². The van der Waals surface area contributed by atoms with E-state index in [2.05, 4.69) is 24.4 Å². The second kappa shape index (κ2) is 8.44. The maximum Gasteiger partial charge on any atom is 0.230 e. The Morgan fingerprint density at radius 2 is 2.10 bits per heavy atom. The molecule has 116 valence electrons. The van der Waals surface area contributed by atoms with Gasteiger partial charge in [-0.1, -0.05) is 37.1 Å². The number of hydrogen-bond donors (Lipinski definition) is 1. The van der Waals surface area contributed by atoms with Crippen molar-refractivity contribution in [2.45, 2.75) is 44.0 Å². The van der Waals surface area contributed by atoms with E-state index in [-0.39, 0.29) is 12.0 Å². The van der Waals surface area contributed by atoms with Gasteiger partial charge in [0.1, 0.15) is 0 Å². The van der Waals surface area contributed by atoms with E-state index in [9.17, 15) is 4.79 Å². The molecule has 1 aliphatic carbocycles. The number of carbonyl (C=O) groups is 1. The summed E-state index contributed by atoms with van der Waals surface area (Å²) < 4.78 is 5.52. The van der Waals surface area contributed by atoms with Gasteiger partial charge in [-0.2, -0.15) is 0 Å². The van der Waals surface area contributed by atoms with E-state index in [1.54, 1.807) is 18.9 Å². The van der Waals surface area contributed by atoms with Gasteiger partial charge in [0.05, 0.1) is 11.9 Å². The predicted octanol–water partition coefficient (Wildman–Crippen LogP) is 3.47. The molecule has 1 aromatic rings. The molecule has 1 aliphatic rings. The van der Waals surface area contributed by atoms with Crippen LogP contribution in [0.5, 0.6) is 0 Å². The first kappa shape index (κ1) is 16.4. The molecule has 2 rings (SSSR count). The van der Waals surface area contributed by atoms with Gasteiger partial charge >= 0.3 is 0 Å². The zero-order valence-electron chi connectivity index (χ0n) is 12.9. The normalized spacial score (nSPS) is 16.9. The fraction of sp³-hybridized carbons (Fsp3) is 0.588. The van der Waals surface area contributed by atoms with Crippen molar-refractivity contribution in [3.05, 3.63) is 35.4 Å². The van der Waals surface area contributed by atoms with Crippen molar-refractivity contribution < 1.29 is 9.53 Å². The molecule has 4 heteroatoms. The topological polar surface area (TPSA) is 38.3 Å². The molecule has 1 unspecified atom stereocenters. The van der Waals surface area contributed by atoms with E-state index in [1.165, 1.54) is 31.2 Å². The van der Waals surface area contributed by atoms with Crippen LogP contribution in [0.1, 0.15) is 42.9 Å². The molecule has 0 radical (unpaired) electrons. The molecule has 21 heavy (non-hydrogen) atoms. The number of ether oxygens (including phenoxy) is 1. The van der Waals surface area contributed by atoms with Crippen LogP contribution < -0.4 is 5.32 Å². The van der Waals surface area contributed by atoms with Crippen molar-refractivity contribution in [2.24, 2.45) is 0 Å². The molecule has 0 aliphatic heterocycles. The van der Waals surface area contributed by atoms with Gasteiger partial charge in [-0.05, 0) is 30.9 Å². The second-order valence-electron chi connectivity index (χ2n) is 5.60. The van der Waals surface area contributed by atoms with Crippen LogP contribution in [0.4, 0.5) is 0 Å². The quantitative estimate of drug-likeness (QED) is 0.838. The maximum atomic E-state index is 11.9. The Morgan fingerprint density at radius 1 is 1.38 bits per heavy atom. The molecule has 1 atom stereocenters. The van der Waals surface area contributed by atoms with Crippen molar-refractivity contribution in [3.8, 4) is 0 Å². The fourth-order valence-electron chi connectivity index (χ4n) is 2.77. The first-order valence-corrected chi connectivity index (χ1v) is 8.72. The average Bonchev–Trinajstić information content (AvgIpc) is 3.01. The molecule has 0 spiro atoms. The number of thioether (sulfide) groups is 1. The fourth-order valence-corrected chi connectivity index (χ4v) is 3.93. The van der Waals surface area contributed by atoms with Gasteiger partial charge < -0.3 is 10.1 Å². The third-order valence-electron chi connectivity index (χ3n) is 4.06. The molecule has 0 saturated heterocycles. The molecule has 0 aromatic heterocycles. The summed E-state index contributed by atoms with van der Waals surface area (Å²) in [6, 6.07) is 8.15. The summed E-state index contributed by atoms with van der Waals surface area (Å²) in [4.78, 5) is 11.9. The minimum absolute atomic E-state index is 0.0772. The van der Waals surface area contributed by atoms with Crippen LogP contribution >= 0.6 is 11.8 Å². The number of aryl methyl sites for hydroxylation is 1. The van der Waals surface area contributed by atoms with Crippen LogP contribution in [0.2, 0.25) is 0 Å². The lowest BCUT2D eigenvalue weighted by molar-refractivity contribution is -0.119. The molecule has 0 heterocycles. The van der Waals surface area contributed by atoms with Crippen LogP contribution in [-0.4, -0.2) is 30.6 Å². The number of benzene rings is 1. The molecule has 1 fully saturated rings. The minimum Gasteiger partial charge on any atom is -0.375 e. The van der Waals surface area contributed by atoms with E-state index in [4.69, 9.17) is 4.74 Å². The van der Waals surface area contributed by atoms with Gasteiger partial charge in [0.2, 0.25) is 5.91 Å². The zero-order chi connectivity index (χ0) is 15.1. The highest BCUT2D eigenvalue weighted by Gasteiger charge is 2.18. The van der Waals surface area contributed by atoms with Crippen LogP contribution in [-0.2, 0) is 9.53 Å². The van der Waals surface area contributed by atoms with Gasteiger partial charge in [0.25, 0.3) is 0 Å². The second-order valence-corrected chi connectivity index (χ2v) is 6.89. The van der Waals surface area contributed by atoms with E-state index in [0.29, 0.717) is 17.5 Å². The number of methoxy groups -OCH3 is 1. The van der Waals surface area contributed by atoms with Gasteiger partial charge in [-0.3, -0.25) is 4.79 Å². The maximum absolute atomic E-state index is 11.9. The number of amides is 1. The standard InChI is InChI=1S/C17H25NO2S/c1-13-7-3-6-10-15(13)16(20-2)11-18-17(19)12-21-14-8-4-5-9-14/h3,6-7,10,14,16H,4-5,8-9,11-12H2,1-2H3,(H,18,19). The molecule has 1 amide bonds. The first-order chi connectivity index (χ1) is 10.2. The summed E-state index contributed by atoms with van der Waals surface area (Å²) in [5.41, 5.74) is 2.34. The predicted molar refractivity (Wildman–Crippen MR) is 88.7 cm³/mol. The highest BCUT2D eigenvalue weighted by atomic mass is 32.2. The van der Waals surface area contributed by atoms with E-state index in [1.807, 2.05) is 12.1 Å². The van der Waals surface area contributed by atoms with Gasteiger partial charge in [0.15, 0.2) is 0 Å². The number of carbonyl (C=O) groups excluding carboxylic acids is 1. The molecule has 0 bridgehead atoms. The summed E-state index contributed by atoms with van der Waals surface area (Å²) >= 11 is 1.80. The summed E-state index contributed by atoms with van der Waals surface area (Å²) in [6.45, 7) is 2.60. The largest absolute Gasteiger partial charge is 0.375 e. The minimum atomic E-state index is -0.0772. The summed E-state index contributed by atoms with van der Waals surface area (Å²) in [5, 5.41) is 3.68. The SMILES string of the molecule is COC(CNC(=O)CSC1CCCC1)c1ccccc1C. The van der Waals surface area contributed by atoms with Gasteiger partial charge in [0, 0.05) is 18.9 Å². The summed E-state index contributed by atoms with van der Waals surface area (Å²) in [5.74, 6) is 0.678. The highest BCUT2D eigenvalue weighted by Crippen LogP contribution is 2.29. The number of hydrogen-bond acceptors (Lipinski definition) is 3. The van der Waals surface area contributed by atoms with Gasteiger partial charge in [-0.25, -0.2) is 0 Å². The van der Waals surface area contributed by atoms with E-state index < -0.39 is 0 Å². The van der Waals surface area contributed by atoms with Gasteiger partial charge in [-0.15, -0.1) is 11.8 Å². The average molecular weight is 307 g/mol. The Labute approximate surface area is 131 Å². The number of nitrogens with one attached hydrogen (secondary N) is 1. The van der Waals surface area contributed by atoms with E-state index in [0.717, 1.165) is 5.56 Å². The Balaban J connectivity index is 1.77. The molecule has 1 aromatic carbocycles. The third kappa shape index (κ3) is 5.04. The lowest BCUT2D eigenvalue weighted by Gasteiger charge is -2.18. The van der Waals surface area contributed by atoms with Crippen molar-refractivity contribution in [3.63, 3.8) is 0 Å². The van der Waals surface area contributed by atoms with Crippen molar-refractivity contribution in [1.82, 2.24) is 5.32 Å². The zero-order valence-corrected chi connectivity index (χ0v) is 13.7. The smallest absolute Gasteiger partial charge is 0.230 e. The van der Waals surface area contributed by atoms with Crippen molar-refractivity contribution >= 4 is 17.7 Å². The summed E-state index contributed by atoms with van der Waals surface area (Å²) in [7, 11) is 1.69. The monoisotopic (exact) mass is 307 g/mol.